The first-order valence-electron chi connectivity index (χ1n) is 10.1. The number of sulfone groups is 1. The van der Waals surface area contributed by atoms with E-state index in [0.29, 0.717) is 36.4 Å². The summed E-state index contributed by atoms with van der Waals surface area (Å²) in [5.74, 6) is -0.486. The third kappa shape index (κ3) is 7.06. The van der Waals surface area contributed by atoms with Gasteiger partial charge in [-0.3, -0.25) is 4.79 Å². The van der Waals surface area contributed by atoms with Crippen LogP contribution in [0, 0.1) is 11.7 Å². The number of nitrogens with one attached hydrogen (secondary N) is 2. The molecule has 1 atom stereocenters. The average Bonchev–Trinajstić information content (AvgIpc) is 2.71. The smallest absolute Gasteiger partial charge is 0.319 e. The summed E-state index contributed by atoms with van der Waals surface area (Å²) in [5.41, 5.74) is 1.52. The predicted molar refractivity (Wildman–Crippen MR) is 117 cm³/mol. The van der Waals surface area contributed by atoms with Gasteiger partial charge in [0.2, 0.25) is 0 Å². The average molecular weight is 448 g/mol. The Labute approximate surface area is 181 Å². The van der Waals surface area contributed by atoms with Crippen LogP contribution in [0.15, 0.2) is 48.5 Å². The van der Waals surface area contributed by atoms with E-state index in [1.807, 2.05) is 0 Å². The highest BCUT2D eigenvalue weighted by atomic mass is 32.2. The number of carbonyl (C=O) groups excluding carboxylic acids is 2. The first kappa shape index (κ1) is 22.7. The van der Waals surface area contributed by atoms with Crippen LogP contribution in [0.5, 0.6) is 0 Å². The van der Waals surface area contributed by atoms with Crippen LogP contribution in [0.25, 0.3) is 0 Å². The van der Waals surface area contributed by atoms with Crippen LogP contribution in [0.3, 0.4) is 0 Å². The van der Waals surface area contributed by atoms with E-state index in [1.54, 1.807) is 35.2 Å². The van der Waals surface area contributed by atoms with Crippen molar-refractivity contribution in [1.82, 2.24) is 10.2 Å². The molecule has 1 fully saturated rings. The Balaban J connectivity index is 1.51. The number of rotatable bonds is 6. The Kier molecular flexibility index (Phi) is 7.27. The molecule has 31 heavy (non-hydrogen) atoms. The van der Waals surface area contributed by atoms with E-state index in [-0.39, 0.29) is 17.6 Å². The van der Waals surface area contributed by atoms with E-state index in [1.165, 1.54) is 24.5 Å². The summed E-state index contributed by atoms with van der Waals surface area (Å²) in [6.45, 7) is 1.55. The lowest BCUT2D eigenvalue weighted by Gasteiger charge is -2.33. The molecule has 3 rings (SSSR count). The van der Waals surface area contributed by atoms with E-state index >= 15 is 0 Å². The number of likely N-dealkylation sites (tertiary alicyclic amines) is 1. The van der Waals surface area contributed by atoms with Gasteiger partial charge in [0.05, 0.1) is 5.75 Å². The number of halogens is 1. The minimum absolute atomic E-state index is 0.0589. The SMILES string of the molecule is CS(=O)(=O)Cc1ccc(C(=O)N2CCCC(CNC(=O)Nc3cccc(F)c3)C2)cc1. The summed E-state index contributed by atoms with van der Waals surface area (Å²) in [6.07, 6.45) is 2.89. The van der Waals surface area contributed by atoms with Crippen LogP contribution >= 0.6 is 0 Å². The second kappa shape index (κ2) is 9.91. The van der Waals surface area contributed by atoms with Gasteiger partial charge in [0.25, 0.3) is 5.91 Å². The number of benzene rings is 2. The molecule has 2 N–H and O–H groups in total. The lowest BCUT2D eigenvalue weighted by molar-refractivity contribution is 0.0675. The zero-order valence-electron chi connectivity index (χ0n) is 17.3. The van der Waals surface area contributed by atoms with Crippen molar-refractivity contribution in [1.29, 1.82) is 0 Å². The summed E-state index contributed by atoms with van der Waals surface area (Å²) >= 11 is 0. The number of anilines is 1. The van der Waals surface area contributed by atoms with E-state index < -0.39 is 21.7 Å². The van der Waals surface area contributed by atoms with Gasteiger partial charge in [-0.15, -0.1) is 0 Å². The molecule has 2 aromatic carbocycles. The van der Waals surface area contributed by atoms with Gasteiger partial charge in [-0.2, -0.15) is 0 Å². The number of carbonyl (C=O) groups is 2. The number of hydrogen-bond donors (Lipinski definition) is 2. The second-order valence-electron chi connectivity index (χ2n) is 7.87. The summed E-state index contributed by atoms with van der Waals surface area (Å²) in [6, 6.07) is 11.9. The predicted octanol–water partition coefficient (Wildman–Crippen LogP) is 3.04. The number of amides is 3. The Bertz CT molecular complexity index is 1040. The highest BCUT2D eigenvalue weighted by Crippen LogP contribution is 2.19. The maximum absolute atomic E-state index is 13.2. The van der Waals surface area contributed by atoms with Crippen molar-refractivity contribution < 1.29 is 22.4 Å². The zero-order chi connectivity index (χ0) is 22.4. The maximum Gasteiger partial charge on any atom is 0.319 e. The molecule has 0 spiro atoms. The standard InChI is InChI=1S/C22H26FN3O4S/c1-31(29,30)15-16-7-9-18(10-8-16)21(27)26-11-3-4-17(14-26)13-24-22(28)25-20-6-2-5-19(23)12-20/h2,5-10,12,17H,3-4,11,13-15H2,1H3,(H2,24,25,28). The van der Waals surface area contributed by atoms with Crippen LogP contribution in [0.1, 0.15) is 28.8 Å². The van der Waals surface area contributed by atoms with Crippen molar-refractivity contribution in [2.24, 2.45) is 5.92 Å². The van der Waals surface area contributed by atoms with Gasteiger partial charge < -0.3 is 15.5 Å². The van der Waals surface area contributed by atoms with Crippen molar-refractivity contribution in [2.45, 2.75) is 18.6 Å². The number of hydrogen-bond acceptors (Lipinski definition) is 4. The minimum Gasteiger partial charge on any atom is -0.338 e. The Morgan fingerprint density at radius 2 is 1.90 bits per heavy atom. The van der Waals surface area contributed by atoms with Crippen LogP contribution in [-0.4, -0.2) is 51.1 Å². The fraction of sp³-hybridized carbons (Fsp3) is 0.364. The number of piperidine rings is 1. The normalized spacial score (nSPS) is 16.6. The van der Waals surface area contributed by atoms with E-state index in [2.05, 4.69) is 10.6 Å². The topological polar surface area (TPSA) is 95.6 Å². The summed E-state index contributed by atoms with van der Waals surface area (Å²) < 4.78 is 36.0. The molecule has 1 saturated heterocycles. The van der Waals surface area contributed by atoms with E-state index in [9.17, 15) is 22.4 Å². The third-order valence-corrected chi connectivity index (χ3v) is 5.93. The molecule has 1 heterocycles. The Morgan fingerprint density at radius 3 is 2.58 bits per heavy atom. The van der Waals surface area contributed by atoms with Gasteiger partial charge in [-0.05, 0) is 54.7 Å². The minimum atomic E-state index is -3.13. The quantitative estimate of drug-likeness (QED) is 0.712. The molecule has 9 heteroatoms. The summed E-state index contributed by atoms with van der Waals surface area (Å²) in [5, 5.41) is 5.37. The van der Waals surface area contributed by atoms with Gasteiger partial charge >= 0.3 is 6.03 Å². The van der Waals surface area contributed by atoms with Gasteiger partial charge in [0, 0.05) is 37.1 Å². The maximum atomic E-state index is 13.2. The van der Waals surface area contributed by atoms with Crippen molar-refractivity contribution in [3.8, 4) is 0 Å². The van der Waals surface area contributed by atoms with Gasteiger partial charge in [-0.1, -0.05) is 18.2 Å². The third-order valence-electron chi connectivity index (χ3n) is 5.07. The van der Waals surface area contributed by atoms with Crippen LogP contribution < -0.4 is 10.6 Å². The molecule has 0 aromatic heterocycles. The molecule has 166 valence electrons. The molecule has 0 aliphatic carbocycles. The van der Waals surface area contributed by atoms with Crippen LogP contribution in [-0.2, 0) is 15.6 Å². The lowest BCUT2D eigenvalue weighted by Crippen LogP contribution is -2.44. The highest BCUT2D eigenvalue weighted by Gasteiger charge is 2.25. The molecule has 3 amide bonds. The second-order valence-corrected chi connectivity index (χ2v) is 10.0. The van der Waals surface area contributed by atoms with E-state index in [0.717, 1.165) is 12.8 Å². The van der Waals surface area contributed by atoms with Gasteiger partial charge in [-0.25, -0.2) is 17.6 Å². The molecule has 1 aliphatic heterocycles. The molecular weight excluding hydrogens is 421 g/mol. The molecule has 2 aromatic rings. The fourth-order valence-electron chi connectivity index (χ4n) is 3.62. The van der Waals surface area contributed by atoms with Crippen LogP contribution in [0.4, 0.5) is 14.9 Å². The van der Waals surface area contributed by atoms with Crippen molar-refractivity contribution in [3.05, 3.63) is 65.5 Å². The molecule has 0 radical (unpaired) electrons. The largest absolute Gasteiger partial charge is 0.338 e. The first-order valence-corrected chi connectivity index (χ1v) is 12.1. The Morgan fingerprint density at radius 1 is 1.16 bits per heavy atom. The molecular formula is C22H26FN3O4S. The van der Waals surface area contributed by atoms with Gasteiger partial charge in [0.1, 0.15) is 5.82 Å². The molecule has 0 saturated carbocycles. The fourth-order valence-corrected chi connectivity index (χ4v) is 4.42. The molecule has 7 nitrogen and oxygen atoms in total. The van der Waals surface area contributed by atoms with Crippen molar-refractivity contribution in [3.63, 3.8) is 0 Å². The summed E-state index contributed by atoms with van der Waals surface area (Å²) in [7, 11) is -3.13. The zero-order valence-corrected chi connectivity index (χ0v) is 18.1. The van der Waals surface area contributed by atoms with Crippen molar-refractivity contribution in [2.75, 3.05) is 31.2 Å². The monoisotopic (exact) mass is 447 g/mol. The number of urea groups is 1. The van der Waals surface area contributed by atoms with E-state index in [4.69, 9.17) is 0 Å². The van der Waals surface area contributed by atoms with Crippen molar-refractivity contribution >= 4 is 27.5 Å². The van der Waals surface area contributed by atoms with Crippen LogP contribution in [0.2, 0.25) is 0 Å². The highest BCUT2D eigenvalue weighted by molar-refractivity contribution is 7.89. The first-order chi connectivity index (χ1) is 14.7. The molecule has 1 unspecified atom stereocenters. The summed E-state index contributed by atoms with van der Waals surface area (Å²) in [4.78, 5) is 26.6. The molecule has 0 bridgehead atoms. The Hall–Kier alpha value is -2.94. The lowest BCUT2D eigenvalue weighted by atomic mass is 9.97. The van der Waals surface area contributed by atoms with Gasteiger partial charge in [0.15, 0.2) is 9.84 Å². The molecule has 1 aliphatic rings. The number of nitrogens with zero attached hydrogens (tertiary/aromatic N) is 1.